The van der Waals surface area contributed by atoms with Crippen LogP contribution in [0.1, 0.15) is 40.1 Å². The summed E-state index contributed by atoms with van der Waals surface area (Å²) < 4.78 is 19.1. The molecule has 0 aromatic heterocycles. The summed E-state index contributed by atoms with van der Waals surface area (Å²) >= 11 is -2.26. The third kappa shape index (κ3) is 2.74. The third-order valence-corrected chi connectivity index (χ3v) is 3.67. The lowest BCUT2D eigenvalue weighted by molar-refractivity contribution is 0.0696. The molecule has 0 aliphatic rings. The molecule has 1 aromatic rings. The molecule has 1 aromatic carbocycles. The fourth-order valence-electron chi connectivity index (χ4n) is 1.32. The van der Waals surface area contributed by atoms with Crippen molar-refractivity contribution in [2.45, 2.75) is 18.6 Å². The minimum Gasteiger partial charge on any atom is -0.478 e. The fraction of sp³-hybridized carbons (Fsp3) is 0.273. The summed E-state index contributed by atoms with van der Waals surface area (Å²) in [6, 6.07) is 3.40. The Bertz CT molecular complexity index is 502. The van der Waals surface area contributed by atoms with E-state index in [1.54, 1.807) is 0 Å². The molecule has 0 aliphatic heterocycles. The summed E-state index contributed by atoms with van der Waals surface area (Å²) in [5.41, 5.74) is -0.285. The molecule has 0 radical (unpaired) electrons. The van der Waals surface area contributed by atoms with Crippen LogP contribution in [-0.4, -0.2) is 30.9 Å². The van der Waals surface area contributed by atoms with Crippen molar-refractivity contribution < 1.29 is 28.6 Å². The predicted molar refractivity (Wildman–Crippen MR) is 64.2 cm³/mol. The number of carboxylic acid groups (broad SMARTS) is 2. The number of hydrogen-bond donors (Lipinski definition) is 3. The molecule has 7 heteroatoms. The van der Waals surface area contributed by atoms with E-state index >= 15 is 0 Å². The lowest BCUT2D eigenvalue weighted by Gasteiger charge is -2.21. The Morgan fingerprint density at radius 2 is 1.44 bits per heavy atom. The van der Waals surface area contributed by atoms with Crippen molar-refractivity contribution >= 4 is 23.0 Å². The van der Waals surface area contributed by atoms with Crippen molar-refractivity contribution in [3.05, 3.63) is 34.9 Å². The van der Waals surface area contributed by atoms with Crippen LogP contribution in [0.5, 0.6) is 0 Å². The molecule has 0 saturated heterocycles. The van der Waals surface area contributed by atoms with Gasteiger partial charge in [-0.1, -0.05) is 0 Å². The Labute approximate surface area is 106 Å². The van der Waals surface area contributed by atoms with Crippen molar-refractivity contribution in [3.8, 4) is 0 Å². The molecular weight excluding hydrogens is 260 g/mol. The van der Waals surface area contributed by atoms with Crippen LogP contribution in [0.25, 0.3) is 0 Å². The van der Waals surface area contributed by atoms with Gasteiger partial charge in [0.05, 0.1) is 15.9 Å². The van der Waals surface area contributed by atoms with E-state index in [1.807, 2.05) is 0 Å². The van der Waals surface area contributed by atoms with Gasteiger partial charge in [-0.2, -0.15) is 0 Å². The monoisotopic (exact) mass is 272 g/mol. The Hall–Kier alpha value is -1.73. The number of hydrogen-bond acceptors (Lipinski definition) is 3. The van der Waals surface area contributed by atoms with Gasteiger partial charge in [0.15, 0.2) is 11.1 Å². The number of aromatic carboxylic acids is 2. The summed E-state index contributed by atoms with van der Waals surface area (Å²) in [7, 11) is 0. The van der Waals surface area contributed by atoms with Crippen LogP contribution in [0.3, 0.4) is 0 Å². The molecule has 0 amide bonds. The molecule has 0 spiro atoms. The van der Waals surface area contributed by atoms with Gasteiger partial charge in [-0.25, -0.2) is 13.8 Å². The van der Waals surface area contributed by atoms with Crippen LogP contribution in [-0.2, 0) is 15.8 Å². The molecule has 6 nitrogen and oxygen atoms in total. The number of carboxylic acids is 2. The highest BCUT2D eigenvalue weighted by Gasteiger charge is 2.29. The second-order valence-corrected chi connectivity index (χ2v) is 5.69. The van der Waals surface area contributed by atoms with Crippen molar-refractivity contribution in [3.63, 3.8) is 0 Å². The smallest absolute Gasteiger partial charge is 0.335 e. The molecule has 0 bridgehead atoms. The largest absolute Gasteiger partial charge is 0.478 e. The molecule has 98 valence electrons. The maximum atomic E-state index is 11.2. The first-order chi connectivity index (χ1) is 8.16. The lowest BCUT2D eigenvalue weighted by Crippen LogP contribution is -2.24. The minimum absolute atomic E-state index is 0.181. The van der Waals surface area contributed by atoms with E-state index in [9.17, 15) is 13.8 Å². The summed E-state index contributed by atoms with van der Waals surface area (Å²) in [6.07, 6.45) is 0. The normalized spacial score (nSPS) is 13.1. The molecule has 3 N–H and O–H groups in total. The second-order valence-electron chi connectivity index (χ2n) is 4.17. The van der Waals surface area contributed by atoms with E-state index in [0.717, 1.165) is 6.07 Å². The van der Waals surface area contributed by atoms with Gasteiger partial charge in [-0.3, -0.25) is 0 Å². The van der Waals surface area contributed by atoms with Gasteiger partial charge in [0.1, 0.15) is 0 Å². The Kier molecular flexibility index (Phi) is 3.88. The zero-order chi connectivity index (χ0) is 14.1. The highest BCUT2D eigenvalue weighted by Crippen LogP contribution is 2.28. The van der Waals surface area contributed by atoms with Crippen molar-refractivity contribution in [1.82, 2.24) is 0 Å². The molecule has 0 saturated carbocycles. The average Bonchev–Trinajstić information content (AvgIpc) is 2.27. The standard InChI is InChI=1S/C11H12O6S/c1-11(2,18(16)17)8-4-6(9(12)13)3-7(5-8)10(14)15/h3-5H,1-2H3,(H,12,13)(H,14,15)(H,16,17). The van der Waals surface area contributed by atoms with Crippen LogP contribution in [0.4, 0.5) is 0 Å². The molecule has 1 atom stereocenters. The number of carbonyl (C=O) groups is 2. The third-order valence-electron chi connectivity index (χ3n) is 2.56. The Morgan fingerprint density at radius 1 is 1.06 bits per heavy atom. The van der Waals surface area contributed by atoms with Gasteiger partial charge in [0, 0.05) is 0 Å². The zero-order valence-electron chi connectivity index (χ0n) is 9.71. The van der Waals surface area contributed by atoms with Crippen LogP contribution >= 0.6 is 0 Å². The maximum absolute atomic E-state index is 11.2. The van der Waals surface area contributed by atoms with E-state index < -0.39 is 27.8 Å². The zero-order valence-corrected chi connectivity index (χ0v) is 10.5. The average molecular weight is 272 g/mol. The molecule has 0 aliphatic carbocycles. The van der Waals surface area contributed by atoms with Crippen LogP contribution in [0.15, 0.2) is 18.2 Å². The van der Waals surface area contributed by atoms with E-state index in [1.165, 1.54) is 26.0 Å². The van der Waals surface area contributed by atoms with Crippen LogP contribution < -0.4 is 0 Å². The Balaban J connectivity index is 3.50. The van der Waals surface area contributed by atoms with Gasteiger partial charge in [0.25, 0.3) is 0 Å². The summed E-state index contributed by atoms with van der Waals surface area (Å²) in [4.78, 5) is 21.8. The topological polar surface area (TPSA) is 112 Å². The van der Waals surface area contributed by atoms with Crippen LogP contribution in [0.2, 0.25) is 0 Å². The van der Waals surface area contributed by atoms with Gasteiger partial charge in [-0.05, 0) is 37.6 Å². The first-order valence-corrected chi connectivity index (χ1v) is 6.00. The number of rotatable bonds is 4. The van der Waals surface area contributed by atoms with E-state index in [-0.39, 0.29) is 16.7 Å². The first-order valence-electron chi connectivity index (χ1n) is 4.89. The molecule has 18 heavy (non-hydrogen) atoms. The van der Waals surface area contributed by atoms with Crippen molar-refractivity contribution in [2.75, 3.05) is 0 Å². The van der Waals surface area contributed by atoms with E-state index in [0.29, 0.717) is 0 Å². The molecule has 0 heterocycles. The van der Waals surface area contributed by atoms with Crippen molar-refractivity contribution in [1.29, 1.82) is 0 Å². The van der Waals surface area contributed by atoms with Gasteiger partial charge < -0.3 is 14.8 Å². The maximum Gasteiger partial charge on any atom is 0.335 e. The van der Waals surface area contributed by atoms with Crippen LogP contribution in [0, 0.1) is 0 Å². The lowest BCUT2D eigenvalue weighted by atomic mass is 9.97. The molecular formula is C11H12O6S. The first kappa shape index (κ1) is 14.3. The minimum atomic E-state index is -2.26. The molecule has 0 fully saturated rings. The molecule has 1 unspecified atom stereocenters. The summed E-state index contributed by atoms with van der Waals surface area (Å²) in [5, 5.41) is 17.8. The fourth-order valence-corrected chi connectivity index (χ4v) is 1.64. The second kappa shape index (κ2) is 4.87. The van der Waals surface area contributed by atoms with Gasteiger partial charge in [0.2, 0.25) is 0 Å². The highest BCUT2D eigenvalue weighted by atomic mass is 32.2. The van der Waals surface area contributed by atoms with Crippen molar-refractivity contribution in [2.24, 2.45) is 0 Å². The highest BCUT2D eigenvalue weighted by molar-refractivity contribution is 7.80. The van der Waals surface area contributed by atoms with E-state index in [2.05, 4.69) is 0 Å². The SMILES string of the molecule is CC(C)(c1cc(C(=O)O)cc(C(=O)O)c1)S(=O)O. The molecule has 1 rings (SSSR count). The summed E-state index contributed by atoms with van der Waals surface area (Å²) in [5.74, 6) is -2.59. The number of benzene rings is 1. The predicted octanol–water partition coefficient (Wildman–Crippen LogP) is 1.54. The van der Waals surface area contributed by atoms with Gasteiger partial charge in [-0.15, -0.1) is 0 Å². The summed E-state index contributed by atoms with van der Waals surface area (Å²) in [6.45, 7) is 2.85. The Morgan fingerprint density at radius 3 is 1.72 bits per heavy atom. The van der Waals surface area contributed by atoms with E-state index in [4.69, 9.17) is 14.8 Å². The van der Waals surface area contributed by atoms with Gasteiger partial charge >= 0.3 is 11.9 Å². The quantitative estimate of drug-likeness (QED) is 0.717.